The van der Waals surface area contributed by atoms with Gasteiger partial charge in [0.05, 0.1) is 12.0 Å². The maximum atomic E-state index is 13.4. The zero-order chi connectivity index (χ0) is 22.8. The van der Waals surface area contributed by atoms with Crippen molar-refractivity contribution in [3.63, 3.8) is 0 Å². The number of carbonyl (C=O) groups excluding carboxylic acids is 2. The number of halogens is 6. The van der Waals surface area contributed by atoms with Crippen molar-refractivity contribution in [1.82, 2.24) is 0 Å². The Kier molecular flexibility index (Phi) is 5.47. The summed E-state index contributed by atoms with van der Waals surface area (Å²) in [5, 5.41) is -6.52. The molecule has 0 aromatic rings. The molecular formula is C16H18F6O7S. The van der Waals surface area contributed by atoms with Gasteiger partial charge in [-0.2, -0.15) is 34.8 Å². The fourth-order valence-corrected chi connectivity index (χ4v) is 5.32. The van der Waals surface area contributed by atoms with Crippen LogP contribution in [0.1, 0.15) is 32.1 Å². The van der Waals surface area contributed by atoms with Crippen LogP contribution in [0, 0.1) is 23.2 Å². The van der Waals surface area contributed by atoms with Gasteiger partial charge in [-0.15, -0.1) is 0 Å². The van der Waals surface area contributed by atoms with Crippen molar-refractivity contribution in [2.45, 2.75) is 49.4 Å². The number of ether oxygens (including phenoxy) is 2. The third kappa shape index (κ3) is 3.49. The Bertz CT molecular complexity index is 825. The van der Waals surface area contributed by atoms with Gasteiger partial charge in [-0.3, -0.25) is 14.1 Å². The first-order chi connectivity index (χ1) is 13.5. The molecule has 172 valence electrons. The van der Waals surface area contributed by atoms with Crippen LogP contribution in [0.4, 0.5) is 26.3 Å². The predicted octanol–water partition coefficient (Wildman–Crippen LogP) is 2.65. The third-order valence-electron chi connectivity index (χ3n) is 6.08. The van der Waals surface area contributed by atoms with Crippen molar-refractivity contribution in [1.29, 1.82) is 0 Å². The van der Waals surface area contributed by atoms with Gasteiger partial charge in [0.25, 0.3) is 0 Å². The number of carbonyl (C=O) groups is 2. The second-order valence-corrected chi connectivity index (χ2v) is 9.56. The maximum Gasteiger partial charge on any atom is 0.440 e. The molecule has 4 aliphatic rings. The molecule has 0 saturated heterocycles. The van der Waals surface area contributed by atoms with Crippen LogP contribution in [0.5, 0.6) is 0 Å². The van der Waals surface area contributed by atoms with E-state index in [1.807, 2.05) is 0 Å². The predicted molar refractivity (Wildman–Crippen MR) is 84.3 cm³/mol. The van der Waals surface area contributed by atoms with E-state index in [2.05, 4.69) is 4.74 Å². The Morgan fingerprint density at radius 2 is 1.57 bits per heavy atom. The molecule has 0 aromatic heterocycles. The summed E-state index contributed by atoms with van der Waals surface area (Å²) < 4.78 is 116. The smallest absolute Gasteiger partial charge is 0.440 e. The van der Waals surface area contributed by atoms with Gasteiger partial charge < -0.3 is 9.47 Å². The summed E-state index contributed by atoms with van der Waals surface area (Å²) in [4.78, 5) is 24.6. The first-order valence-corrected chi connectivity index (χ1v) is 10.4. The molecular weight excluding hydrogens is 450 g/mol. The molecule has 4 saturated carbocycles. The molecule has 1 N–H and O–H groups in total. The molecule has 0 aromatic carbocycles. The number of esters is 1. The highest BCUT2D eigenvalue weighted by Gasteiger charge is 2.78. The Labute approximate surface area is 166 Å². The summed E-state index contributed by atoms with van der Waals surface area (Å²) in [6.45, 7) is -2.43. The molecule has 2 unspecified atom stereocenters. The van der Waals surface area contributed by atoms with Crippen LogP contribution in [0.25, 0.3) is 0 Å². The van der Waals surface area contributed by atoms with Gasteiger partial charge in [0, 0.05) is 11.8 Å². The Hall–Kier alpha value is -1.41. The van der Waals surface area contributed by atoms with Crippen molar-refractivity contribution in [2.75, 3.05) is 13.2 Å². The number of hydrogen-bond donors (Lipinski definition) is 1. The topological polar surface area (TPSA) is 107 Å². The highest BCUT2D eigenvalue weighted by Crippen LogP contribution is 2.59. The van der Waals surface area contributed by atoms with Crippen LogP contribution in [-0.2, 0) is 29.2 Å². The largest absolute Gasteiger partial charge is 0.463 e. The molecule has 4 rings (SSSR count). The Balaban J connectivity index is 1.57. The van der Waals surface area contributed by atoms with Gasteiger partial charge in [0.15, 0.2) is 0 Å². The molecule has 0 spiro atoms. The number of Topliss-reactive ketones (excluding diaryl/α,β-unsaturated/α-hetero) is 1. The van der Waals surface area contributed by atoms with Crippen LogP contribution >= 0.6 is 0 Å². The molecule has 0 aliphatic heterocycles. The van der Waals surface area contributed by atoms with E-state index in [1.165, 1.54) is 0 Å². The Morgan fingerprint density at radius 1 is 1.03 bits per heavy atom. The van der Waals surface area contributed by atoms with Gasteiger partial charge >= 0.3 is 33.4 Å². The fourth-order valence-electron chi connectivity index (χ4n) is 4.88. The van der Waals surface area contributed by atoms with Crippen LogP contribution < -0.4 is 0 Å². The molecule has 0 heterocycles. The molecule has 0 radical (unpaired) electrons. The minimum atomic E-state index is -6.87. The summed E-state index contributed by atoms with van der Waals surface area (Å²) in [5.74, 6) is -7.75. The molecule has 14 heteroatoms. The van der Waals surface area contributed by atoms with E-state index in [0.717, 1.165) is 0 Å². The van der Waals surface area contributed by atoms with Gasteiger partial charge in [-0.1, -0.05) is 0 Å². The zero-order valence-electron chi connectivity index (χ0n) is 15.3. The minimum absolute atomic E-state index is 0.0827. The minimum Gasteiger partial charge on any atom is -0.463 e. The molecule has 2 atom stereocenters. The summed E-state index contributed by atoms with van der Waals surface area (Å²) in [6, 6.07) is 0. The van der Waals surface area contributed by atoms with Crippen molar-refractivity contribution in [3.8, 4) is 0 Å². The van der Waals surface area contributed by atoms with Crippen LogP contribution in [-0.4, -0.2) is 55.2 Å². The molecule has 4 bridgehead atoms. The molecule has 0 amide bonds. The van der Waals surface area contributed by atoms with E-state index in [0.29, 0.717) is 19.3 Å². The first kappa shape index (κ1) is 23.3. The zero-order valence-corrected chi connectivity index (χ0v) is 16.1. The molecule has 4 fully saturated rings. The maximum absolute atomic E-state index is 13.4. The first-order valence-electron chi connectivity index (χ1n) is 8.99. The van der Waals surface area contributed by atoms with Crippen LogP contribution in [0.15, 0.2) is 0 Å². The number of hydrogen-bond acceptors (Lipinski definition) is 6. The van der Waals surface area contributed by atoms with E-state index in [1.54, 1.807) is 0 Å². The molecule has 4 aliphatic carbocycles. The van der Waals surface area contributed by atoms with E-state index in [9.17, 15) is 44.3 Å². The lowest BCUT2D eigenvalue weighted by atomic mass is 9.49. The lowest BCUT2D eigenvalue weighted by Crippen LogP contribution is -2.58. The summed E-state index contributed by atoms with van der Waals surface area (Å²) in [5.41, 5.74) is -0.977. The molecule has 30 heavy (non-hydrogen) atoms. The van der Waals surface area contributed by atoms with Gasteiger partial charge in [-0.05, 0) is 38.0 Å². The summed E-state index contributed by atoms with van der Waals surface area (Å²) in [6.07, 6.45) is -3.73. The lowest BCUT2D eigenvalue weighted by molar-refractivity contribution is -0.383. The van der Waals surface area contributed by atoms with E-state index >= 15 is 0 Å². The van der Waals surface area contributed by atoms with Crippen molar-refractivity contribution in [3.05, 3.63) is 0 Å². The van der Waals surface area contributed by atoms with Crippen molar-refractivity contribution in [2.24, 2.45) is 23.2 Å². The molecule has 7 nitrogen and oxygen atoms in total. The highest BCUT2D eigenvalue weighted by molar-refractivity contribution is 7.87. The van der Waals surface area contributed by atoms with E-state index in [-0.39, 0.29) is 36.4 Å². The number of ketones is 1. The average Bonchev–Trinajstić information content (AvgIpc) is 2.61. The van der Waals surface area contributed by atoms with Crippen molar-refractivity contribution < 1.29 is 58.4 Å². The second kappa shape index (κ2) is 7.05. The van der Waals surface area contributed by atoms with E-state index in [4.69, 9.17) is 9.29 Å². The van der Waals surface area contributed by atoms with Crippen LogP contribution in [0.2, 0.25) is 0 Å². The second-order valence-electron chi connectivity index (χ2n) is 8.09. The Morgan fingerprint density at radius 3 is 2.07 bits per heavy atom. The van der Waals surface area contributed by atoms with Crippen LogP contribution in [0.3, 0.4) is 0 Å². The van der Waals surface area contributed by atoms with Gasteiger partial charge in [0.1, 0.15) is 12.4 Å². The lowest BCUT2D eigenvalue weighted by Gasteiger charge is -2.53. The standard InChI is InChI=1S/C16H18F6O7S/c17-14(18,16(21,22)30(25,26)27)15(19,20)29-2-1-28-12(24)13-5-8-3-9(6-13)11(23)10(4-8)7-13/h8-10H,1-7H2,(H,25,26,27). The third-order valence-corrected chi connectivity index (χ3v) is 6.99. The van der Waals surface area contributed by atoms with Gasteiger partial charge in [-0.25, -0.2) is 0 Å². The van der Waals surface area contributed by atoms with Crippen molar-refractivity contribution >= 4 is 21.9 Å². The average molecular weight is 468 g/mol. The SMILES string of the molecule is O=C1C2CC3CC1CC(C(=O)OCCOC(F)(F)C(F)(F)C(F)(F)S(=O)(=O)O)(C3)C2. The van der Waals surface area contributed by atoms with E-state index < -0.39 is 52.0 Å². The number of alkyl halides is 6. The summed E-state index contributed by atoms with van der Waals surface area (Å²) in [7, 11) is -6.87. The number of rotatable bonds is 8. The normalized spacial score (nSPS) is 31.8. The summed E-state index contributed by atoms with van der Waals surface area (Å²) >= 11 is 0. The fraction of sp³-hybridized carbons (Fsp3) is 0.875. The quantitative estimate of drug-likeness (QED) is 0.253. The monoisotopic (exact) mass is 468 g/mol. The highest BCUT2D eigenvalue weighted by atomic mass is 32.2. The van der Waals surface area contributed by atoms with Gasteiger partial charge in [0.2, 0.25) is 0 Å².